The van der Waals surface area contributed by atoms with Crippen LogP contribution in [0.2, 0.25) is 5.02 Å². The fraction of sp³-hybridized carbons (Fsp3) is 0.538. The molecule has 0 saturated carbocycles. The molecule has 0 bridgehead atoms. The van der Waals surface area contributed by atoms with Gasteiger partial charge in [-0.15, -0.1) is 37.2 Å². The van der Waals surface area contributed by atoms with Crippen LogP contribution in [0.4, 0.5) is 5.69 Å². The molecular weight excluding hydrogens is 732 g/mol. The Morgan fingerprint density at radius 3 is 2.04 bits per heavy atom. The summed E-state index contributed by atoms with van der Waals surface area (Å²) in [6.07, 6.45) is 4.59. The van der Waals surface area contributed by atoms with Crippen molar-refractivity contribution in [3.63, 3.8) is 0 Å². The third-order valence-corrected chi connectivity index (χ3v) is 11.4. The molecule has 0 aliphatic carbocycles. The van der Waals surface area contributed by atoms with Crippen molar-refractivity contribution < 1.29 is 24.1 Å². The largest absolute Gasteiger partial charge is 0.493 e. The Morgan fingerprint density at radius 1 is 0.843 bits per heavy atom. The van der Waals surface area contributed by atoms with Gasteiger partial charge in [-0.1, -0.05) is 37.1 Å². The zero-order valence-corrected chi connectivity index (χ0v) is 33.8. The molecule has 6 rings (SSSR count). The third-order valence-electron chi connectivity index (χ3n) is 11.1. The first kappa shape index (κ1) is 43.1. The summed E-state index contributed by atoms with van der Waals surface area (Å²) < 4.78 is 22.9. The molecule has 1 fully saturated rings. The molecule has 0 radical (unpaired) electrons. The zero-order valence-electron chi connectivity index (χ0n) is 30.6. The lowest BCUT2D eigenvalue weighted by Crippen LogP contribution is -2.48. The summed E-state index contributed by atoms with van der Waals surface area (Å²) in [4.78, 5) is 5.20. The highest BCUT2D eigenvalue weighted by atomic mass is 35.5. The van der Waals surface area contributed by atoms with Crippen molar-refractivity contribution in [2.75, 3.05) is 66.5 Å². The van der Waals surface area contributed by atoms with Crippen LogP contribution in [0.1, 0.15) is 66.1 Å². The molecule has 8 nitrogen and oxygen atoms in total. The van der Waals surface area contributed by atoms with Crippen molar-refractivity contribution in [2.45, 2.75) is 64.1 Å². The van der Waals surface area contributed by atoms with Crippen LogP contribution in [0.3, 0.4) is 0 Å². The van der Waals surface area contributed by atoms with E-state index in [9.17, 15) is 5.11 Å². The van der Waals surface area contributed by atoms with Crippen molar-refractivity contribution in [1.82, 2.24) is 9.80 Å². The van der Waals surface area contributed by atoms with Crippen molar-refractivity contribution >= 4 is 54.5 Å². The average Bonchev–Trinajstić information content (AvgIpc) is 3.10. The second-order valence-electron chi connectivity index (χ2n) is 13.7. The number of anilines is 1. The summed E-state index contributed by atoms with van der Waals surface area (Å²) in [5.41, 5.74) is 7.29. The molecule has 3 heterocycles. The number of nitrogens with one attached hydrogen (secondary N) is 1. The Hall–Kier alpha value is -2.30. The number of piperidine rings is 1. The van der Waals surface area contributed by atoms with E-state index in [0.717, 1.165) is 86.0 Å². The number of methoxy groups -OCH3 is 4. The number of hydrogen-bond donors (Lipinski definition) is 2. The first-order valence-corrected chi connectivity index (χ1v) is 17.8. The van der Waals surface area contributed by atoms with Crippen LogP contribution in [0.25, 0.3) is 0 Å². The second kappa shape index (κ2) is 19.2. The number of ether oxygens (including phenoxy) is 4. The summed E-state index contributed by atoms with van der Waals surface area (Å²) in [6.45, 7) is 8.39. The van der Waals surface area contributed by atoms with Gasteiger partial charge in [-0.3, -0.25) is 9.80 Å². The van der Waals surface area contributed by atoms with E-state index in [4.69, 9.17) is 30.5 Å². The number of aliphatic hydroxyl groups is 1. The van der Waals surface area contributed by atoms with Crippen LogP contribution in [0.5, 0.6) is 23.0 Å². The summed E-state index contributed by atoms with van der Waals surface area (Å²) in [5.74, 6) is 4.22. The van der Waals surface area contributed by atoms with Gasteiger partial charge in [0.05, 0.1) is 45.3 Å². The number of β-amino-alcohol motifs (C(OH)–C–C–N with tert-alkyl or cyclic N) is 1. The lowest BCUT2D eigenvalue weighted by atomic mass is 9.72. The lowest BCUT2D eigenvalue weighted by Gasteiger charge is -2.49. The monoisotopic (exact) mass is 785 g/mol. The molecule has 12 heteroatoms. The van der Waals surface area contributed by atoms with Gasteiger partial charge in [-0.05, 0) is 103 Å². The SMILES string of the molecule is CC[C@H]1CN2CCc3cc(OC)c(OC)cc3[C@@H]2C[C@@H]1C[C@@H]1c2cc(OC)c(OC)cc2CCN1CC(O)CNc1c(C)cccc1Cl.Cl.Cl.Cl. The summed E-state index contributed by atoms with van der Waals surface area (Å²) in [6, 6.07) is 15.1. The molecule has 2 N–H and O–H groups in total. The number of halogens is 4. The van der Waals surface area contributed by atoms with Gasteiger partial charge < -0.3 is 29.4 Å². The van der Waals surface area contributed by atoms with E-state index in [1.54, 1.807) is 28.4 Å². The van der Waals surface area contributed by atoms with E-state index >= 15 is 0 Å². The molecule has 0 amide bonds. The van der Waals surface area contributed by atoms with Crippen molar-refractivity contribution in [3.8, 4) is 23.0 Å². The quantitative estimate of drug-likeness (QED) is 0.190. The highest BCUT2D eigenvalue weighted by Crippen LogP contribution is 2.49. The van der Waals surface area contributed by atoms with Crippen molar-refractivity contribution in [3.05, 3.63) is 75.3 Å². The smallest absolute Gasteiger partial charge is 0.161 e. The maximum absolute atomic E-state index is 11.4. The number of aryl methyl sites for hydroxylation is 1. The van der Waals surface area contributed by atoms with Crippen LogP contribution >= 0.6 is 48.8 Å². The van der Waals surface area contributed by atoms with Gasteiger partial charge in [-0.2, -0.15) is 0 Å². The van der Waals surface area contributed by atoms with Gasteiger partial charge in [0, 0.05) is 44.8 Å². The number of nitrogens with zero attached hydrogens (tertiary/aromatic N) is 2. The highest BCUT2D eigenvalue weighted by molar-refractivity contribution is 6.33. The van der Waals surface area contributed by atoms with Crippen molar-refractivity contribution in [2.24, 2.45) is 11.8 Å². The van der Waals surface area contributed by atoms with Crippen LogP contribution in [-0.4, -0.2) is 82.2 Å². The molecule has 3 aromatic rings. The summed E-state index contributed by atoms with van der Waals surface area (Å²) in [7, 11) is 6.84. The minimum Gasteiger partial charge on any atom is -0.493 e. The van der Waals surface area contributed by atoms with E-state index in [0.29, 0.717) is 36.0 Å². The Bertz CT molecular complexity index is 1580. The summed E-state index contributed by atoms with van der Waals surface area (Å²) >= 11 is 6.49. The van der Waals surface area contributed by atoms with Gasteiger partial charge >= 0.3 is 0 Å². The fourth-order valence-electron chi connectivity index (χ4n) is 8.53. The Morgan fingerprint density at radius 2 is 1.43 bits per heavy atom. The molecule has 5 atom stereocenters. The lowest BCUT2D eigenvalue weighted by molar-refractivity contribution is 0.0224. The normalized spacial score (nSPS) is 21.6. The fourth-order valence-corrected chi connectivity index (χ4v) is 8.82. The van der Waals surface area contributed by atoms with Gasteiger partial charge in [0.2, 0.25) is 0 Å². The molecule has 3 aliphatic heterocycles. The average molecular weight is 788 g/mol. The number of benzene rings is 3. The number of para-hydroxylation sites is 1. The maximum atomic E-state index is 11.4. The summed E-state index contributed by atoms with van der Waals surface area (Å²) in [5, 5.41) is 15.5. The molecule has 1 unspecified atom stereocenters. The molecule has 0 aromatic heterocycles. The van der Waals surface area contributed by atoms with Crippen LogP contribution in [0.15, 0.2) is 42.5 Å². The van der Waals surface area contributed by atoms with E-state index < -0.39 is 6.10 Å². The third kappa shape index (κ3) is 9.09. The van der Waals surface area contributed by atoms with E-state index in [2.05, 4.69) is 46.3 Å². The van der Waals surface area contributed by atoms with E-state index in [-0.39, 0.29) is 43.3 Å². The highest BCUT2D eigenvalue weighted by Gasteiger charge is 2.41. The van der Waals surface area contributed by atoms with Gasteiger partial charge in [-0.25, -0.2) is 0 Å². The Balaban J connectivity index is 0.00000234. The second-order valence-corrected chi connectivity index (χ2v) is 14.1. The maximum Gasteiger partial charge on any atom is 0.161 e. The standard InChI is InChI=1S/C39H52ClN3O5.3ClH/c1-7-25-22-42-13-11-26-17-35(45-3)37(47-5)19-30(26)33(42)15-28(25)16-34-31-20-38(48-6)36(46-4)18-27(31)12-14-43(34)23-29(44)21-41-39-24(2)9-8-10-32(39)40;;;/h8-10,17-20,25,28-29,33-34,41,44H,7,11-16,21-23H2,1-6H3;3*1H/t25-,28+,29?,33-,34+;;;/m0.../s1. The number of fused-ring (bicyclic) bond motifs is 4. The molecule has 0 spiro atoms. The zero-order chi connectivity index (χ0) is 33.9. The number of hydrogen-bond acceptors (Lipinski definition) is 8. The van der Waals surface area contributed by atoms with Gasteiger partial charge in [0.15, 0.2) is 23.0 Å². The Kier molecular flexibility index (Phi) is 16.2. The molecule has 3 aliphatic rings. The Labute approximate surface area is 327 Å². The molecule has 284 valence electrons. The number of rotatable bonds is 12. The first-order chi connectivity index (χ1) is 23.3. The minimum atomic E-state index is -0.568. The topological polar surface area (TPSA) is 75.7 Å². The van der Waals surface area contributed by atoms with Crippen molar-refractivity contribution in [1.29, 1.82) is 0 Å². The van der Waals surface area contributed by atoms with E-state index in [1.165, 1.54) is 22.3 Å². The predicted molar refractivity (Wildman–Crippen MR) is 214 cm³/mol. The molecule has 51 heavy (non-hydrogen) atoms. The molecule has 3 aromatic carbocycles. The van der Waals surface area contributed by atoms with Crippen LogP contribution in [-0.2, 0) is 12.8 Å². The van der Waals surface area contributed by atoms with Crippen LogP contribution in [0, 0.1) is 18.8 Å². The predicted octanol–water partition coefficient (Wildman–Crippen LogP) is 8.36. The minimum absolute atomic E-state index is 0. The molecule has 1 saturated heterocycles. The number of aliphatic hydroxyl groups excluding tert-OH is 1. The van der Waals surface area contributed by atoms with E-state index in [1.807, 2.05) is 25.1 Å². The van der Waals surface area contributed by atoms with Gasteiger partial charge in [0.1, 0.15) is 0 Å². The van der Waals surface area contributed by atoms with Crippen LogP contribution < -0.4 is 24.3 Å². The van der Waals surface area contributed by atoms with Gasteiger partial charge in [0.25, 0.3) is 0 Å². The molecular formula is C39H55Cl4N3O5. The first-order valence-electron chi connectivity index (χ1n) is 17.4.